The maximum atomic E-state index is 10.6. The number of hydrogen-bond donors (Lipinski definition) is 0. The molecule has 0 spiro atoms. The van der Waals surface area contributed by atoms with E-state index in [1.165, 1.54) is 44.9 Å². The van der Waals surface area contributed by atoms with Crippen LogP contribution in [0.5, 0.6) is 0 Å². The third kappa shape index (κ3) is 10.2. The fourth-order valence-electron chi connectivity index (χ4n) is 1.61. The average Bonchev–Trinajstić information content (AvgIpc) is 2.27. The van der Waals surface area contributed by atoms with Gasteiger partial charge < -0.3 is 9.53 Å². The molecule has 0 aliphatic rings. The lowest BCUT2D eigenvalue weighted by molar-refractivity contribution is -0.127. The Bertz CT molecular complexity index is 164. The predicted octanol–water partition coefficient (Wildman–Crippen LogP) is 4.12. The molecule has 0 saturated heterocycles. The van der Waals surface area contributed by atoms with Crippen LogP contribution in [-0.2, 0) is 9.53 Å². The second-order valence-corrected chi connectivity index (χ2v) is 5.04. The lowest BCUT2D eigenvalue weighted by atomic mass is 10.1. The molecule has 0 radical (unpaired) electrons. The maximum absolute atomic E-state index is 10.6. The molecule has 0 aromatic rings. The summed E-state index contributed by atoms with van der Waals surface area (Å²) in [5.74, 6) is 0. The molecule has 96 valence electrons. The molecule has 0 amide bonds. The van der Waals surface area contributed by atoms with Crippen LogP contribution in [-0.4, -0.2) is 18.5 Å². The number of ether oxygens (including phenoxy) is 1. The third-order valence-electron chi connectivity index (χ3n) is 2.76. The molecule has 2 nitrogen and oxygen atoms in total. The molecule has 0 aliphatic heterocycles. The molecule has 0 saturated carbocycles. The molecule has 0 N–H and O–H groups in total. The molecule has 0 fully saturated rings. The predicted molar refractivity (Wildman–Crippen MR) is 68.7 cm³/mol. The quantitative estimate of drug-likeness (QED) is 0.393. The molecule has 0 unspecified atom stereocenters. The van der Waals surface area contributed by atoms with Crippen molar-refractivity contribution < 1.29 is 9.53 Å². The zero-order valence-electron chi connectivity index (χ0n) is 11.3. The third-order valence-corrected chi connectivity index (χ3v) is 2.76. The van der Waals surface area contributed by atoms with Gasteiger partial charge >= 0.3 is 0 Å². The highest BCUT2D eigenvalue weighted by atomic mass is 16.5. The largest absolute Gasteiger partial charge is 0.368 e. The lowest BCUT2D eigenvalue weighted by Gasteiger charge is -2.17. The van der Waals surface area contributed by atoms with Crippen LogP contribution in [0.3, 0.4) is 0 Å². The fraction of sp³-hybridized carbons (Fsp3) is 0.929. The number of unbranched alkanes of at least 4 members (excludes halogenated alkanes) is 7. The number of hydrogen-bond acceptors (Lipinski definition) is 2. The van der Waals surface area contributed by atoms with Gasteiger partial charge in [-0.25, -0.2) is 0 Å². The van der Waals surface area contributed by atoms with Gasteiger partial charge in [-0.1, -0.05) is 51.9 Å². The summed E-state index contributed by atoms with van der Waals surface area (Å²) in [5.41, 5.74) is -0.596. The molecule has 0 rings (SSSR count). The average molecular weight is 228 g/mol. The molecule has 0 bridgehead atoms. The summed E-state index contributed by atoms with van der Waals surface area (Å²) in [6.07, 6.45) is 11.3. The first-order valence-electron chi connectivity index (χ1n) is 6.72. The van der Waals surface area contributed by atoms with Gasteiger partial charge in [0.05, 0.1) is 0 Å². The summed E-state index contributed by atoms with van der Waals surface area (Å²) in [6.45, 7) is 6.57. The van der Waals surface area contributed by atoms with Gasteiger partial charge in [0.2, 0.25) is 0 Å². The smallest absolute Gasteiger partial charge is 0.151 e. The number of rotatable bonds is 11. The molecule has 0 aromatic carbocycles. The maximum Gasteiger partial charge on any atom is 0.151 e. The monoisotopic (exact) mass is 228 g/mol. The summed E-state index contributed by atoms with van der Waals surface area (Å²) in [5, 5.41) is 0. The van der Waals surface area contributed by atoms with Crippen LogP contribution in [0.15, 0.2) is 0 Å². The van der Waals surface area contributed by atoms with Gasteiger partial charge in [0.1, 0.15) is 5.60 Å². The van der Waals surface area contributed by atoms with Crippen molar-refractivity contribution in [1.29, 1.82) is 0 Å². The van der Waals surface area contributed by atoms with Gasteiger partial charge in [0, 0.05) is 6.61 Å². The van der Waals surface area contributed by atoms with Gasteiger partial charge in [0.25, 0.3) is 0 Å². The summed E-state index contributed by atoms with van der Waals surface area (Å²) in [7, 11) is 0. The van der Waals surface area contributed by atoms with Crippen LogP contribution < -0.4 is 0 Å². The second kappa shape index (κ2) is 9.83. The van der Waals surface area contributed by atoms with Crippen molar-refractivity contribution in [2.24, 2.45) is 0 Å². The van der Waals surface area contributed by atoms with E-state index in [0.717, 1.165) is 12.7 Å². The first-order chi connectivity index (χ1) is 7.62. The van der Waals surface area contributed by atoms with Crippen molar-refractivity contribution in [2.45, 2.75) is 77.7 Å². The number of carbonyl (C=O) groups excluding carboxylic acids is 1. The summed E-state index contributed by atoms with van der Waals surface area (Å²) < 4.78 is 5.46. The van der Waals surface area contributed by atoms with E-state index in [0.29, 0.717) is 6.61 Å². The Balaban J connectivity index is 3.13. The fourth-order valence-corrected chi connectivity index (χ4v) is 1.61. The van der Waals surface area contributed by atoms with Gasteiger partial charge in [0.15, 0.2) is 6.29 Å². The first-order valence-corrected chi connectivity index (χ1v) is 6.72. The van der Waals surface area contributed by atoms with Crippen molar-refractivity contribution >= 4 is 6.29 Å². The Morgan fingerprint density at radius 1 is 0.938 bits per heavy atom. The molecular weight excluding hydrogens is 200 g/mol. The van der Waals surface area contributed by atoms with Crippen LogP contribution in [0, 0.1) is 0 Å². The molecule has 0 atom stereocenters. The van der Waals surface area contributed by atoms with Gasteiger partial charge in [-0.05, 0) is 20.3 Å². The highest BCUT2D eigenvalue weighted by molar-refractivity contribution is 5.60. The van der Waals surface area contributed by atoms with E-state index < -0.39 is 5.60 Å². The molecule has 0 aromatic heterocycles. The van der Waals surface area contributed by atoms with Crippen LogP contribution >= 0.6 is 0 Å². The standard InChI is InChI=1S/C14H28O2/c1-4-5-6-7-8-9-10-11-12-16-14(2,3)13-15/h13H,4-12H2,1-3H3. The SMILES string of the molecule is CCCCCCCCCCOC(C)(C)C=O. The van der Waals surface area contributed by atoms with Crippen LogP contribution in [0.4, 0.5) is 0 Å². The first kappa shape index (κ1) is 15.6. The van der Waals surface area contributed by atoms with E-state index >= 15 is 0 Å². The zero-order valence-corrected chi connectivity index (χ0v) is 11.3. The van der Waals surface area contributed by atoms with Crippen LogP contribution in [0.1, 0.15) is 72.1 Å². The zero-order chi connectivity index (χ0) is 12.3. The van der Waals surface area contributed by atoms with Gasteiger partial charge in [-0.15, -0.1) is 0 Å². The van der Waals surface area contributed by atoms with E-state index in [9.17, 15) is 4.79 Å². The van der Waals surface area contributed by atoms with E-state index in [2.05, 4.69) is 6.92 Å². The summed E-state index contributed by atoms with van der Waals surface area (Å²) in [6, 6.07) is 0. The van der Waals surface area contributed by atoms with E-state index in [-0.39, 0.29) is 0 Å². The molecule has 16 heavy (non-hydrogen) atoms. The van der Waals surface area contributed by atoms with Crippen molar-refractivity contribution in [1.82, 2.24) is 0 Å². The van der Waals surface area contributed by atoms with Crippen molar-refractivity contribution in [2.75, 3.05) is 6.61 Å². The van der Waals surface area contributed by atoms with E-state index in [1.54, 1.807) is 0 Å². The van der Waals surface area contributed by atoms with Crippen molar-refractivity contribution in [3.63, 3.8) is 0 Å². The molecule has 2 heteroatoms. The van der Waals surface area contributed by atoms with Crippen molar-refractivity contribution in [3.05, 3.63) is 0 Å². The van der Waals surface area contributed by atoms with E-state index in [1.807, 2.05) is 13.8 Å². The Hall–Kier alpha value is -0.370. The number of carbonyl (C=O) groups is 1. The highest BCUT2D eigenvalue weighted by Gasteiger charge is 2.15. The molecule has 0 heterocycles. The highest BCUT2D eigenvalue weighted by Crippen LogP contribution is 2.10. The topological polar surface area (TPSA) is 26.3 Å². The van der Waals surface area contributed by atoms with Crippen LogP contribution in [0.2, 0.25) is 0 Å². The Morgan fingerprint density at radius 2 is 1.44 bits per heavy atom. The van der Waals surface area contributed by atoms with Crippen molar-refractivity contribution in [3.8, 4) is 0 Å². The Morgan fingerprint density at radius 3 is 1.94 bits per heavy atom. The minimum Gasteiger partial charge on any atom is -0.368 e. The minimum absolute atomic E-state index is 0.596. The number of aldehydes is 1. The Labute approximate surface area is 101 Å². The van der Waals surface area contributed by atoms with Crippen LogP contribution in [0.25, 0.3) is 0 Å². The minimum atomic E-state index is -0.596. The molecule has 0 aliphatic carbocycles. The lowest BCUT2D eigenvalue weighted by Crippen LogP contribution is -2.26. The second-order valence-electron chi connectivity index (χ2n) is 5.04. The normalized spacial score (nSPS) is 11.7. The molecular formula is C14H28O2. The van der Waals surface area contributed by atoms with E-state index in [4.69, 9.17) is 4.74 Å². The Kier molecular flexibility index (Phi) is 9.60. The van der Waals surface area contributed by atoms with Gasteiger partial charge in [-0.3, -0.25) is 0 Å². The van der Waals surface area contributed by atoms with Gasteiger partial charge in [-0.2, -0.15) is 0 Å². The summed E-state index contributed by atoms with van der Waals surface area (Å²) >= 11 is 0. The summed E-state index contributed by atoms with van der Waals surface area (Å²) in [4.78, 5) is 10.6.